The zero-order chi connectivity index (χ0) is 14.7. The van der Waals surface area contributed by atoms with Gasteiger partial charge in [0.1, 0.15) is 0 Å². The van der Waals surface area contributed by atoms with Gasteiger partial charge in [0, 0.05) is 36.8 Å². The Hall–Kier alpha value is -0.0500. The first-order valence-corrected chi connectivity index (χ1v) is 9.41. The molecule has 0 radical (unpaired) electrons. The van der Waals surface area contributed by atoms with Crippen LogP contribution in [0.3, 0.4) is 0 Å². The lowest BCUT2D eigenvalue weighted by atomic mass is 9.80. The molecule has 120 valence electrons. The van der Waals surface area contributed by atoms with Gasteiger partial charge in [-0.3, -0.25) is 4.90 Å². The molecule has 3 fully saturated rings. The lowest BCUT2D eigenvalue weighted by Gasteiger charge is -2.49. The van der Waals surface area contributed by atoms with Crippen LogP contribution in [0.25, 0.3) is 0 Å². The van der Waals surface area contributed by atoms with Crippen molar-refractivity contribution in [3.8, 4) is 0 Å². The highest BCUT2D eigenvalue weighted by atomic mass is 35.5. The molecule has 1 N–H and O–H groups in total. The fraction of sp³-hybridized carbons (Fsp3) is 0.889. The van der Waals surface area contributed by atoms with E-state index in [1.165, 1.54) is 76.5 Å². The van der Waals surface area contributed by atoms with Crippen LogP contribution in [0.15, 0.2) is 11.1 Å². The van der Waals surface area contributed by atoms with Crippen LogP contribution in [-0.2, 0) is 0 Å². The molecule has 2 aliphatic carbocycles. The predicted octanol–water partition coefficient (Wildman–Crippen LogP) is 4.30. The number of piperazine rings is 1. The van der Waals surface area contributed by atoms with Crippen molar-refractivity contribution in [1.82, 2.24) is 10.2 Å². The fourth-order valence-electron chi connectivity index (χ4n) is 4.91. The van der Waals surface area contributed by atoms with Crippen LogP contribution in [0.2, 0.25) is 0 Å². The number of nitrogens with one attached hydrogen (secondary N) is 1. The Morgan fingerprint density at radius 1 is 1.19 bits per heavy atom. The quantitative estimate of drug-likeness (QED) is 0.836. The van der Waals surface area contributed by atoms with Gasteiger partial charge in [-0.2, -0.15) is 0 Å². The molecule has 2 nitrogen and oxygen atoms in total. The van der Waals surface area contributed by atoms with Crippen LogP contribution in [0.5, 0.6) is 0 Å². The second-order valence-corrected chi connectivity index (χ2v) is 7.91. The van der Waals surface area contributed by atoms with Crippen molar-refractivity contribution in [3.05, 3.63) is 11.1 Å². The minimum Gasteiger partial charge on any atom is -0.308 e. The fourth-order valence-corrected chi connectivity index (χ4v) is 4.98. The number of hydrogen-bond acceptors (Lipinski definition) is 2. The van der Waals surface area contributed by atoms with Crippen LogP contribution < -0.4 is 5.32 Å². The van der Waals surface area contributed by atoms with Crippen molar-refractivity contribution in [2.24, 2.45) is 5.92 Å². The molecule has 0 aromatic heterocycles. The number of nitrogens with zero attached hydrogens (tertiary/aromatic N) is 1. The average Bonchev–Trinajstić information content (AvgIpc) is 2.96. The van der Waals surface area contributed by atoms with Gasteiger partial charge in [0.2, 0.25) is 0 Å². The lowest BCUT2D eigenvalue weighted by Crippen LogP contribution is -2.65. The van der Waals surface area contributed by atoms with Crippen molar-refractivity contribution in [1.29, 1.82) is 0 Å². The molecule has 1 spiro atoms. The molecule has 1 unspecified atom stereocenters. The summed E-state index contributed by atoms with van der Waals surface area (Å²) in [6.07, 6.45) is 12.7. The van der Waals surface area contributed by atoms with E-state index in [9.17, 15) is 0 Å². The van der Waals surface area contributed by atoms with Gasteiger partial charge in [0.05, 0.1) is 0 Å². The Kier molecular flexibility index (Phi) is 5.29. The maximum Gasteiger partial charge on any atom is 0.0309 e. The lowest BCUT2D eigenvalue weighted by molar-refractivity contribution is 0.0450. The minimum absolute atomic E-state index is 0.414. The summed E-state index contributed by atoms with van der Waals surface area (Å²) in [5, 5.41) is 3.97. The van der Waals surface area contributed by atoms with Gasteiger partial charge < -0.3 is 5.32 Å². The maximum atomic E-state index is 5.95. The van der Waals surface area contributed by atoms with Crippen molar-refractivity contribution >= 4 is 11.6 Å². The number of halogens is 1. The van der Waals surface area contributed by atoms with Gasteiger partial charge >= 0.3 is 0 Å². The van der Waals surface area contributed by atoms with Crippen LogP contribution >= 0.6 is 11.6 Å². The molecule has 21 heavy (non-hydrogen) atoms. The third-order valence-corrected chi connectivity index (χ3v) is 6.43. The minimum atomic E-state index is 0.414. The summed E-state index contributed by atoms with van der Waals surface area (Å²) in [6, 6.07) is 0.725. The molecular weight excluding hydrogens is 280 g/mol. The molecule has 3 aliphatic rings. The first-order valence-electron chi connectivity index (χ1n) is 8.97. The van der Waals surface area contributed by atoms with E-state index in [1.807, 2.05) is 0 Å². The molecule has 1 saturated heterocycles. The highest BCUT2D eigenvalue weighted by molar-refractivity contribution is 6.25. The monoisotopic (exact) mass is 310 g/mol. The van der Waals surface area contributed by atoms with Gasteiger partial charge in [0.25, 0.3) is 0 Å². The molecule has 3 heteroatoms. The summed E-state index contributed by atoms with van der Waals surface area (Å²) in [5.41, 5.74) is 3.51. The summed E-state index contributed by atoms with van der Waals surface area (Å²) < 4.78 is 0. The second-order valence-electron chi connectivity index (χ2n) is 7.69. The van der Waals surface area contributed by atoms with E-state index < -0.39 is 0 Å². The summed E-state index contributed by atoms with van der Waals surface area (Å²) in [4.78, 5) is 2.77. The van der Waals surface area contributed by atoms with Gasteiger partial charge in [-0.1, -0.05) is 43.7 Å². The van der Waals surface area contributed by atoms with Crippen LogP contribution in [0, 0.1) is 5.92 Å². The van der Waals surface area contributed by atoms with Crippen molar-refractivity contribution in [2.45, 2.75) is 76.3 Å². The van der Waals surface area contributed by atoms with E-state index in [1.54, 1.807) is 5.54 Å². The van der Waals surface area contributed by atoms with Gasteiger partial charge in [-0.05, 0) is 44.1 Å². The van der Waals surface area contributed by atoms with Crippen LogP contribution in [0.1, 0.15) is 64.7 Å². The molecule has 0 bridgehead atoms. The molecule has 0 aromatic rings. The first-order chi connectivity index (χ1) is 10.2. The highest BCUT2D eigenvalue weighted by Crippen LogP contribution is 2.37. The Bertz CT molecular complexity index is 367. The standard InChI is InChI=1S/C18H31ClN2/c1-15(11-19)13-21-14-18(9-5-6-10-18)20-12-17(21)16-7-3-2-4-8-16/h11,16-17,20H,2-10,12-14H2,1H3. The van der Waals surface area contributed by atoms with Crippen LogP contribution in [-0.4, -0.2) is 36.1 Å². The van der Waals surface area contributed by atoms with Crippen molar-refractivity contribution in [2.75, 3.05) is 19.6 Å². The van der Waals surface area contributed by atoms with Gasteiger partial charge in [-0.25, -0.2) is 0 Å². The molecule has 0 amide bonds. The van der Waals surface area contributed by atoms with E-state index in [0.717, 1.165) is 18.5 Å². The molecule has 0 aromatic carbocycles. The first kappa shape index (κ1) is 15.8. The molecule has 1 aliphatic heterocycles. The molecule has 2 saturated carbocycles. The van der Waals surface area contributed by atoms with Crippen molar-refractivity contribution < 1.29 is 0 Å². The molecule has 1 heterocycles. The maximum absolute atomic E-state index is 5.95. The predicted molar refractivity (Wildman–Crippen MR) is 90.7 cm³/mol. The highest BCUT2D eigenvalue weighted by Gasteiger charge is 2.43. The summed E-state index contributed by atoms with van der Waals surface area (Å²) in [7, 11) is 0. The Morgan fingerprint density at radius 2 is 1.90 bits per heavy atom. The van der Waals surface area contributed by atoms with Crippen molar-refractivity contribution in [3.63, 3.8) is 0 Å². The van der Waals surface area contributed by atoms with E-state index in [0.29, 0.717) is 5.54 Å². The van der Waals surface area contributed by atoms with E-state index in [-0.39, 0.29) is 0 Å². The summed E-state index contributed by atoms with van der Waals surface area (Å²) in [6.45, 7) is 5.67. The zero-order valence-corrected chi connectivity index (χ0v) is 14.3. The van der Waals surface area contributed by atoms with E-state index in [4.69, 9.17) is 11.6 Å². The number of rotatable bonds is 3. The Balaban J connectivity index is 1.71. The topological polar surface area (TPSA) is 15.3 Å². The van der Waals surface area contributed by atoms with E-state index in [2.05, 4.69) is 17.1 Å². The third kappa shape index (κ3) is 3.65. The van der Waals surface area contributed by atoms with Gasteiger partial charge in [-0.15, -0.1) is 0 Å². The van der Waals surface area contributed by atoms with E-state index >= 15 is 0 Å². The van der Waals surface area contributed by atoms with Gasteiger partial charge in [0.15, 0.2) is 0 Å². The summed E-state index contributed by atoms with van der Waals surface area (Å²) in [5.74, 6) is 0.896. The molecular formula is C18H31ClN2. The second kappa shape index (κ2) is 7.02. The molecule has 1 atom stereocenters. The Labute approximate surface area is 135 Å². The number of hydrogen-bond donors (Lipinski definition) is 1. The Morgan fingerprint density at radius 3 is 2.57 bits per heavy atom. The largest absolute Gasteiger partial charge is 0.308 e. The third-order valence-electron chi connectivity index (χ3n) is 6.05. The smallest absolute Gasteiger partial charge is 0.0309 e. The molecule has 3 rings (SSSR count). The SMILES string of the molecule is CC(=CCl)CN1CC2(CCCC2)NCC1C1CCCCC1. The zero-order valence-electron chi connectivity index (χ0n) is 13.5. The normalized spacial score (nSPS) is 31.9. The van der Waals surface area contributed by atoms with Crippen LogP contribution in [0.4, 0.5) is 0 Å². The summed E-state index contributed by atoms with van der Waals surface area (Å²) >= 11 is 5.95. The average molecular weight is 311 g/mol.